The second-order valence-electron chi connectivity index (χ2n) is 3.67. The van der Waals surface area contributed by atoms with Crippen molar-refractivity contribution in [3.63, 3.8) is 0 Å². The van der Waals surface area contributed by atoms with E-state index in [0.29, 0.717) is 0 Å². The molecule has 16 heteroatoms. The zero-order chi connectivity index (χ0) is 19.3. The minimum Gasteiger partial charge on any atom is -0.477 e. The molecule has 0 unspecified atom stereocenters. The standard InChI is InChI=1S/C7HClF12O3/c8-7(19,20)23-6(17,18)5(15,16)4(13,14)3(11,12)2(9,10)1(21)22/h(H,21,22). The van der Waals surface area contributed by atoms with Crippen molar-refractivity contribution in [1.29, 1.82) is 0 Å². The average molecular weight is 397 g/mol. The van der Waals surface area contributed by atoms with Crippen LogP contribution in [-0.4, -0.2) is 46.4 Å². The molecule has 0 rings (SSSR count). The monoisotopic (exact) mass is 396 g/mol. The number of carboxylic acid groups (broad SMARTS) is 1. The van der Waals surface area contributed by atoms with Gasteiger partial charge in [-0.15, -0.1) is 0 Å². The van der Waals surface area contributed by atoms with Crippen molar-refractivity contribution in [1.82, 2.24) is 0 Å². The molecule has 0 aromatic rings. The van der Waals surface area contributed by atoms with Crippen LogP contribution in [0.4, 0.5) is 52.7 Å². The zero-order valence-corrected chi connectivity index (χ0v) is 10.4. The summed E-state index contributed by atoms with van der Waals surface area (Å²) < 4.78 is 152. The smallest absolute Gasteiger partial charge is 0.445 e. The molecule has 0 heterocycles. The molecule has 1 N–H and O–H groups in total. The Balaban J connectivity index is 6.12. The van der Waals surface area contributed by atoms with Crippen molar-refractivity contribution in [2.45, 2.75) is 35.4 Å². The zero-order valence-electron chi connectivity index (χ0n) is 9.68. The van der Waals surface area contributed by atoms with Crippen molar-refractivity contribution < 1.29 is 67.3 Å². The number of ether oxygens (including phenoxy) is 1. The Morgan fingerprint density at radius 1 is 0.739 bits per heavy atom. The van der Waals surface area contributed by atoms with E-state index in [1.165, 1.54) is 0 Å². The second kappa shape index (κ2) is 5.46. The molecule has 0 saturated heterocycles. The van der Waals surface area contributed by atoms with Gasteiger partial charge in [-0.25, -0.2) is 9.53 Å². The molecule has 0 spiro atoms. The Hall–Kier alpha value is -1.12. The van der Waals surface area contributed by atoms with E-state index in [0.717, 1.165) is 0 Å². The van der Waals surface area contributed by atoms with Crippen molar-refractivity contribution in [2.24, 2.45) is 0 Å². The summed E-state index contributed by atoms with van der Waals surface area (Å²) in [6, 6.07) is 0. The van der Waals surface area contributed by atoms with E-state index in [9.17, 15) is 57.5 Å². The molecule has 3 nitrogen and oxygen atoms in total. The summed E-state index contributed by atoms with van der Waals surface area (Å²) >= 11 is 3.58. The van der Waals surface area contributed by atoms with Crippen molar-refractivity contribution in [2.75, 3.05) is 0 Å². The van der Waals surface area contributed by atoms with Crippen LogP contribution in [0.3, 0.4) is 0 Å². The SMILES string of the molecule is O=C(O)C(F)(F)C(F)(F)C(F)(F)C(F)(F)C(F)(F)OC(F)(F)Cl. The highest BCUT2D eigenvalue weighted by atomic mass is 35.5. The lowest BCUT2D eigenvalue weighted by molar-refractivity contribution is -0.468. The summed E-state index contributed by atoms with van der Waals surface area (Å²) in [5, 5.41) is 7.63. The maximum atomic E-state index is 12.8. The first-order valence-electron chi connectivity index (χ1n) is 4.54. The molecule has 138 valence electrons. The number of hydrogen-bond donors (Lipinski definition) is 1. The third-order valence-electron chi connectivity index (χ3n) is 2.06. The highest BCUT2D eigenvalue weighted by Gasteiger charge is 2.89. The van der Waals surface area contributed by atoms with Crippen molar-refractivity contribution in [3.05, 3.63) is 0 Å². The second-order valence-corrected chi connectivity index (χ2v) is 4.11. The molecule has 0 aliphatic carbocycles. The van der Waals surface area contributed by atoms with Crippen LogP contribution in [0.1, 0.15) is 0 Å². The van der Waals surface area contributed by atoms with E-state index in [4.69, 9.17) is 5.11 Å². The van der Waals surface area contributed by atoms with Gasteiger partial charge in [0, 0.05) is 0 Å². The lowest BCUT2D eigenvalue weighted by atomic mass is 9.98. The van der Waals surface area contributed by atoms with Gasteiger partial charge in [-0.05, 0) is 11.6 Å². The van der Waals surface area contributed by atoms with Crippen LogP contribution in [0, 0.1) is 0 Å². The summed E-state index contributed by atoms with van der Waals surface area (Å²) in [4.78, 5) is 9.75. The maximum absolute atomic E-state index is 12.8. The van der Waals surface area contributed by atoms with Crippen LogP contribution in [-0.2, 0) is 9.53 Å². The number of rotatable bonds is 7. The van der Waals surface area contributed by atoms with Gasteiger partial charge < -0.3 is 5.11 Å². The van der Waals surface area contributed by atoms with Gasteiger partial charge in [-0.3, -0.25) is 0 Å². The first-order valence-corrected chi connectivity index (χ1v) is 4.92. The van der Waals surface area contributed by atoms with E-state index in [1.807, 2.05) is 0 Å². The fourth-order valence-corrected chi connectivity index (χ4v) is 1.02. The minimum atomic E-state index is -7.85. The highest BCUT2D eigenvalue weighted by molar-refractivity contribution is 6.20. The Morgan fingerprint density at radius 2 is 1.09 bits per heavy atom. The van der Waals surface area contributed by atoms with Gasteiger partial charge in [-0.1, -0.05) is 0 Å². The van der Waals surface area contributed by atoms with Crippen LogP contribution < -0.4 is 0 Å². The van der Waals surface area contributed by atoms with E-state index in [-0.39, 0.29) is 0 Å². The molecule has 0 radical (unpaired) electrons. The van der Waals surface area contributed by atoms with Gasteiger partial charge in [0.25, 0.3) is 0 Å². The molecule has 0 aliphatic heterocycles. The summed E-state index contributed by atoms with van der Waals surface area (Å²) in [6.45, 7) is 0. The van der Waals surface area contributed by atoms with Gasteiger partial charge in [-0.2, -0.15) is 52.7 Å². The molecule has 0 amide bonds. The van der Waals surface area contributed by atoms with Gasteiger partial charge in [0.1, 0.15) is 0 Å². The number of carbonyl (C=O) groups is 1. The highest BCUT2D eigenvalue weighted by Crippen LogP contribution is 2.58. The fraction of sp³-hybridized carbons (Fsp3) is 0.857. The molecule has 0 fully saturated rings. The van der Waals surface area contributed by atoms with Gasteiger partial charge in [0.2, 0.25) is 0 Å². The molecule has 0 bridgehead atoms. The Labute approximate surface area is 121 Å². The molecule has 0 atom stereocenters. The number of aliphatic carboxylic acids is 1. The summed E-state index contributed by atoms with van der Waals surface area (Å²) in [5.41, 5.74) is -5.78. The third kappa shape index (κ3) is 3.39. The molecule has 0 aliphatic rings. The van der Waals surface area contributed by atoms with E-state index >= 15 is 0 Å². The molecular formula is C7HClF12O3. The Morgan fingerprint density at radius 3 is 1.35 bits per heavy atom. The number of alkyl halides is 13. The van der Waals surface area contributed by atoms with Crippen LogP contribution in [0.2, 0.25) is 0 Å². The molecular weight excluding hydrogens is 396 g/mol. The van der Waals surface area contributed by atoms with Crippen LogP contribution >= 0.6 is 11.6 Å². The molecule has 0 aromatic carbocycles. The number of halogens is 13. The summed E-state index contributed by atoms with van der Waals surface area (Å²) in [6.07, 6.45) is -7.19. The first-order chi connectivity index (χ1) is 9.65. The number of carboxylic acids is 1. The van der Waals surface area contributed by atoms with Crippen LogP contribution in [0.25, 0.3) is 0 Å². The quantitative estimate of drug-likeness (QED) is 0.522. The lowest BCUT2D eigenvalue weighted by Crippen LogP contribution is -2.69. The average Bonchev–Trinajstić information content (AvgIpc) is 2.24. The Kier molecular flexibility index (Phi) is 5.19. The summed E-state index contributed by atoms with van der Waals surface area (Å²) in [7, 11) is 0. The normalized spacial score (nSPS) is 15.7. The van der Waals surface area contributed by atoms with Crippen molar-refractivity contribution >= 4 is 17.6 Å². The fourth-order valence-electron chi connectivity index (χ4n) is 0.921. The van der Waals surface area contributed by atoms with Gasteiger partial charge >= 0.3 is 41.3 Å². The van der Waals surface area contributed by atoms with Gasteiger partial charge in [0.15, 0.2) is 0 Å². The van der Waals surface area contributed by atoms with Crippen molar-refractivity contribution in [3.8, 4) is 0 Å². The van der Waals surface area contributed by atoms with E-state index in [1.54, 1.807) is 4.74 Å². The van der Waals surface area contributed by atoms with Gasteiger partial charge in [0.05, 0.1) is 0 Å². The first kappa shape index (κ1) is 21.9. The largest absolute Gasteiger partial charge is 0.477 e. The predicted octanol–water partition coefficient (Wildman–Crippen LogP) is 4.01. The third-order valence-corrected chi connectivity index (χ3v) is 2.14. The van der Waals surface area contributed by atoms with Crippen LogP contribution in [0.15, 0.2) is 0 Å². The molecule has 0 aromatic heterocycles. The Bertz CT molecular complexity index is 470. The minimum absolute atomic E-state index is 1.69. The lowest BCUT2D eigenvalue weighted by Gasteiger charge is -2.37. The van der Waals surface area contributed by atoms with Crippen LogP contribution in [0.5, 0.6) is 0 Å². The van der Waals surface area contributed by atoms with E-state index < -0.39 is 41.3 Å². The molecule has 0 saturated carbocycles. The van der Waals surface area contributed by atoms with E-state index in [2.05, 4.69) is 11.6 Å². The number of hydrogen-bond acceptors (Lipinski definition) is 2. The predicted molar refractivity (Wildman–Crippen MR) is 44.3 cm³/mol. The maximum Gasteiger partial charge on any atom is 0.445 e. The topological polar surface area (TPSA) is 46.5 Å². The summed E-state index contributed by atoms with van der Waals surface area (Å²) in [5.74, 6) is -34.3. The molecule has 23 heavy (non-hydrogen) atoms.